The second-order valence-electron chi connectivity index (χ2n) is 7.18. The topological polar surface area (TPSA) is 157 Å². The van der Waals surface area contributed by atoms with Crippen molar-refractivity contribution in [1.82, 2.24) is 10.3 Å². The van der Waals surface area contributed by atoms with E-state index in [0.717, 1.165) is 11.3 Å². The maximum atomic E-state index is 12.8. The molecule has 1 unspecified atom stereocenters. The lowest BCUT2D eigenvalue weighted by atomic mass is 10.2. The highest BCUT2D eigenvalue weighted by atomic mass is 32.2. The summed E-state index contributed by atoms with van der Waals surface area (Å²) >= 11 is 0. The van der Waals surface area contributed by atoms with Gasteiger partial charge in [0.25, 0.3) is 12.2 Å². The summed E-state index contributed by atoms with van der Waals surface area (Å²) in [4.78, 5) is 21.8. The van der Waals surface area contributed by atoms with Gasteiger partial charge in [0, 0.05) is 36.9 Å². The quantitative estimate of drug-likeness (QED) is 0.117. The monoisotopic (exact) mass is 524 g/mol. The van der Waals surface area contributed by atoms with Gasteiger partial charge in [0.2, 0.25) is 0 Å². The van der Waals surface area contributed by atoms with Crippen molar-refractivity contribution in [1.29, 1.82) is 0 Å². The van der Waals surface area contributed by atoms with Gasteiger partial charge in [-0.15, -0.1) is 0 Å². The SMILES string of the molecule is C=C(/C=C\N(N)C[P+](=O)O)NC(=O)c1cc(OCCOC)cc(Oc2ccc(S(C)(=O)=O)cc2)c1. The minimum Gasteiger partial charge on any atom is -0.491 e. The normalized spacial score (nSPS) is 11.7. The number of rotatable bonds is 13. The molecule has 0 heterocycles. The van der Waals surface area contributed by atoms with Gasteiger partial charge in [-0.3, -0.25) is 9.80 Å². The van der Waals surface area contributed by atoms with Gasteiger partial charge >= 0.3 is 8.03 Å². The number of carbonyl (C=O) groups is 1. The molecule has 1 atom stereocenters. The van der Waals surface area contributed by atoms with Crippen LogP contribution in [0.4, 0.5) is 0 Å². The molecule has 188 valence electrons. The Hall–Kier alpha value is -3.28. The molecule has 0 saturated carbocycles. The Balaban J connectivity index is 2.21. The second-order valence-corrected chi connectivity index (χ2v) is 10.2. The predicted molar refractivity (Wildman–Crippen MR) is 130 cm³/mol. The molecule has 0 aliphatic rings. The zero-order chi connectivity index (χ0) is 26.0. The zero-order valence-corrected chi connectivity index (χ0v) is 20.9. The van der Waals surface area contributed by atoms with E-state index in [4.69, 9.17) is 24.9 Å². The van der Waals surface area contributed by atoms with E-state index in [-0.39, 0.29) is 34.8 Å². The maximum absolute atomic E-state index is 12.8. The van der Waals surface area contributed by atoms with Gasteiger partial charge in [0.15, 0.2) is 9.84 Å². The molecule has 0 aliphatic carbocycles. The molecule has 11 nitrogen and oxygen atoms in total. The van der Waals surface area contributed by atoms with E-state index in [9.17, 15) is 17.8 Å². The van der Waals surface area contributed by atoms with Crippen LogP contribution in [0.3, 0.4) is 0 Å². The zero-order valence-electron chi connectivity index (χ0n) is 19.2. The van der Waals surface area contributed by atoms with Gasteiger partial charge < -0.3 is 19.5 Å². The van der Waals surface area contributed by atoms with Gasteiger partial charge in [0.05, 0.1) is 11.5 Å². The van der Waals surface area contributed by atoms with E-state index < -0.39 is 23.8 Å². The molecule has 13 heteroatoms. The van der Waals surface area contributed by atoms with Crippen LogP contribution in [0, 0.1) is 0 Å². The van der Waals surface area contributed by atoms with Gasteiger partial charge in [0.1, 0.15) is 23.9 Å². The number of nitrogens with two attached hydrogens (primary N) is 1. The highest BCUT2D eigenvalue weighted by Crippen LogP contribution is 2.28. The molecule has 0 fully saturated rings. The van der Waals surface area contributed by atoms with E-state index >= 15 is 0 Å². The van der Waals surface area contributed by atoms with Crippen LogP contribution in [-0.4, -0.2) is 57.1 Å². The number of nitrogens with one attached hydrogen (secondary N) is 1. The number of hydrazine groups is 1. The van der Waals surface area contributed by atoms with E-state index in [1.54, 1.807) is 6.07 Å². The lowest BCUT2D eigenvalue weighted by Gasteiger charge is -2.13. The molecule has 2 aromatic rings. The first-order valence-electron chi connectivity index (χ1n) is 10.1. The van der Waals surface area contributed by atoms with Crippen LogP contribution in [0.25, 0.3) is 0 Å². The third-order valence-electron chi connectivity index (χ3n) is 4.21. The molecule has 35 heavy (non-hydrogen) atoms. The summed E-state index contributed by atoms with van der Waals surface area (Å²) in [7, 11) is -4.27. The average molecular weight is 525 g/mol. The fourth-order valence-corrected chi connectivity index (χ4v) is 3.62. The summed E-state index contributed by atoms with van der Waals surface area (Å²) in [6.45, 7) is 4.27. The number of sulfone groups is 1. The molecule has 2 aromatic carbocycles. The van der Waals surface area contributed by atoms with Crippen molar-refractivity contribution in [2.24, 2.45) is 5.84 Å². The first kappa shape index (κ1) is 28.0. The van der Waals surface area contributed by atoms with E-state index in [1.807, 2.05) is 0 Å². The largest absolute Gasteiger partial charge is 0.528 e. The number of methoxy groups -OCH3 is 1. The summed E-state index contributed by atoms with van der Waals surface area (Å²) in [5, 5.41) is 3.56. The van der Waals surface area contributed by atoms with Crippen LogP contribution in [0.1, 0.15) is 10.4 Å². The number of benzene rings is 2. The Kier molecular flexibility index (Phi) is 10.4. The summed E-state index contributed by atoms with van der Waals surface area (Å²) < 4.78 is 50.5. The highest BCUT2D eigenvalue weighted by Gasteiger charge is 2.14. The summed E-state index contributed by atoms with van der Waals surface area (Å²) in [6, 6.07) is 10.4. The van der Waals surface area contributed by atoms with E-state index in [1.165, 1.54) is 55.8 Å². The van der Waals surface area contributed by atoms with Crippen LogP contribution in [-0.2, 0) is 19.1 Å². The third-order valence-corrected chi connectivity index (χ3v) is 5.91. The van der Waals surface area contributed by atoms with E-state index in [2.05, 4.69) is 11.9 Å². The van der Waals surface area contributed by atoms with Gasteiger partial charge in [-0.1, -0.05) is 6.58 Å². The summed E-state index contributed by atoms with van der Waals surface area (Å²) in [5.74, 6) is 6.00. The Labute approximate surface area is 204 Å². The fourth-order valence-electron chi connectivity index (χ4n) is 2.61. The van der Waals surface area contributed by atoms with Crippen molar-refractivity contribution in [2.45, 2.75) is 4.90 Å². The fraction of sp³-hybridized carbons (Fsp3) is 0.227. The number of hydrogen-bond acceptors (Lipinski definition) is 9. The van der Waals surface area contributed by atoms with Crippen molar-refractivity contribution in [3.8, 4) is 17.2 Å². The smallest absolute Gasteiger partial charge is 0.491 e. The Morgan fingerprint density at radius 1 is 1.17 bits per heavy atom. The Morgan fingerprint density at radius 3 is 2.43 bits per heavy atom. The minimum atomic E-state index is -3.35. The second kappa shape index (κ2) is 13.0. The van der Waals surface area contributed by atoms with Gasteiger partial charge in [-0.2, -0.15) is 4.89 Å². The molecule has 0 saturated heterocycles. The maximum Gasteiger partial charge on any atom is 0.528 e. The number of amides is 1. The summed E-state index contributed by atoms with van der Waals surface area (Å²) in [6.07, 6.45) is 3.50. The molecule has 4 N–H and O–H groups in total. The lowest BCUT2D eigenvalue weighted by Crippen LogP contribution is -2.25. The Bertz CT molecular complexity index is 1200. The van der Waals surface area contributed by atoms with E-state index in [0.29, 0.717) is 18.1 Å². The van der Waals surface area contributed by atoms with Crippen molar-refractivity contribution < 1.29 is 36.9 Å². The first-order chi connectivity index (χ1) is 16.5. The molecular weight excluding hydrogens is 497 g/mol. The average Bonchev–Trinajstić information content (AvgIpc) is 2.77. The Morgan fingerprint density at radius 2 is 1.83 bits per heavy atom. The molecule has 1 amide bonds. The molecule has 0 aliphatic heterocycles. The van der Waals surface area contributed by atoms with Crippen molar-refractivity contribution in [3.05, 3.63) is 72.6 Å². The van der Waals surface area contributed by atoms with Crippen molar-refractivity contribution in [3.63, 3.8) is 0 Å². The molecule has 0 spiro atoms. The van der Waals surface area contributed by atoms with Crippen LogP contribution >= 0.6 is 8.03 Å². The molecule has 0 radical (unpaired) electrons. The van der Waals surface area contributed by atoms with Crippen LogP contribution in [0.15, 0.2) is 71.9 Å². The third kappa shape index (κ3) is 9.85. The molecule has 2 rings (SSSR count). The predicted octanol–water partition coefficient (Wildman–Crippen LogP) is 2.53. The number of nitrogens with zero attached hydrogens (tertiary/aromatic N) is 1. The van der Waals surface area contributed by atoms with Crippen LogP contribution in [0.5, 0.6) is 17.2 Å². The van der Waals surface area contributed by atoms with Crippen LogP contribution < -0.4 is 20.6 Å². The molecular formula is C22H27N3O8PS+. The van der Waals surface area contributed by atoms with Gasteiger partial charge in [-0.05, 0) is 47.0 Å². The standard InChI is InChI=1S/C22H26N3O8PS/c1-16(8-9-25(23)15-34(27)28)24-22(26)17-12-19(32-11-10-31-2)14-20(13-17)33-18-4-6-21(7-5-18)35(3,29)30/h4-9,12-14H,1,10-11,15,23H2,2-3H3,(H-,24,26,27,28)/p+1/b9-8-. The number of hydrogen-bond donors (Lipinski definition) is 3. The number of carbonyl (C=O) groups excluding carboxylic acids is 1. The lowest BCUT2D eigenvalue weighted by molar-refractivity contribution is 0.0966. The number of ether oxygens (including phenoxy) is 3. The van der Waals surface area contributed by atoms with Crippen molar-refractivity contribution in [2.75, 3.05) is 32.9 Å². The number of allylic oxidation sites excluding steroid dienone is 1. The summed E-state index contributed by atoms with van der Waals surface area (Å²) in [5.41, 5.74) is 0.378. The van der Waals surface area contributed by atoms with Gasteiger partial charge in [-0.25, -0.2) is 14.3 Å². The molecule has 0 aromatic heterocycles. The highest BCUT2D eigenvalue weighted by molar-refractivity contribution is 7.90. The first-order valence-corrected chi connectivity index (χ1v) is 13.3. The van der Waals surface area contributed by atoms with Crippen molar-refractivity contribution >= 4 is 23.8 Å². The van der Waals surface area contributed by atoms with Crippen LogP contribution in [0.2, 0.25) is 0 Å². The molecule has 0 bridgehead atoms. The minimum absolute atomic E-state index is 0.148.